The average Bonchev–Trinajstić information content (AvgIpc) is 2.63. The third kappa shape index (κ3) is 7.67. The maximum atomic E-state index is 13.3. The lowest BCUT2D eigenvalue weighted by Gasteiger charge is -2.24. The van der Waals surface area contributed by atoms with Gasteiger partial charge in [-0.05, 0) is 30.5 Å². The summed E-state index contributed by atoms with van der Waals surface area (Å²) in [7, 11) is 0. The van der Waals surface area contributed by atoms with Crippen molar-refractivity contribution >= 4 is 17.5 Å². The van der Waals surface area contributed by atoms with Crippen LogP contribution < -0.4 is 0 Å². The number of alkyl halides is 2. The molecule has 0 saturated heterocycles. The Bertz CT molecular complexity index is 816. The van der Waals surface area contributed by atoms with Crippen LogP contribution >= 0.6 is 0 Å². The molecule has 0 radical (unpaired) electrons. The van der Waals surface area contributed by atoms with Gasteiger partial charge in [0.15, 0.2) is 5.90 Å². The molecule has 0 unspecified atom stereocenters. The lowest BCUT2D eigenvalue weighted by molar-refractivity contribution is -0.132. The number of pyridine rings is 1. The molecule has 1 aliphatic heterocycles. The number of rotatable bonds is 8. The van der Waals surface area contributed by atoms with Crippen LogP contribution in [0.3, 0.4) is 0 Å². The lowest BCUT2D eigenvalue weighted by atomic mass is 10.0. The number of amides is 1. The Hall–Kier alpha value is -2.71. The van der Waals surface area contributed by atoms with Crippen LogP contribution in [0.1, 0.15) is 52.0 Å². The van der Waals surface area contributed by atoms with Gasteiger partial charge in [0.2, 0.25) is 11.8 Å². The minimum atomic E-state index is -2.78. The van der Waals surface area contributed by atoms with Crippen molar-refractivity contribution in [1.29, 1.82) is 0 Å². The van der Waals surface area contributed by atoms with E-state index in [9.17, 15) is 18.0 Å². The largest absolute Gasteiger partial charge is 0.481 e. The summed E-state index contributed by atoms with van der Waals surface area (Å²) in [4.78, 5) is 20.1. The number of ether oxygens (including phenoxy) is 1. The highest BCUT2D eigenvalue weighted by atomic mass is 19.3. The number of carbonyl (C=O) groups is 1. The van der Waals surface area contributed by atoms with Crippen LogP contribution in [0.25, 0.3) is 0 Å². The van der Waals surface area contributed by atoms with Gasteiger partial charge in [-0.2, -0.15) is 5.10 Å². The minimum absolute atomic E-state index is 0.126. The molecule has 6 nitrogen and oxygen atoms in total. The van der Waals surface area contributed by atoms with Crippen molar-refractivity contribution in [2.45, 2.75) is 58.9 Å². The fourth-order valence-electron chi connectivity index (χ4n) is 2.62. The molecule has 0 bridgehead atoms. The smallest absolute Gasteiger partial charge is 0.248 e. The molecule has 0 fully saturated rings. The highest BCUT2D eigenvalue weighted by molar-refractivity contribution is 6.03. The van der Waals surface area contributed by atoms with Crippen molar-refractivity contribution < 1.29 is 22.7 Å². The van der Waals surface area contributed by atoms with Gasteiger partial charge in [-0.15, -0.1) is 0 Å². The van der Waals surface area contributed by atoms with Crippen molar-refractivity contribution in [3.63, 3.8) is 0 Å². The Kier molecular flexibility index (Phi) is 7.92. The van der Waals surface area contributed by atoms with E-state index in [1.165, 1.54) is 17.3 Å². The van der Waals surface area contributed by atoms with Crippen molar-refractivity contribution in [3.8, 4) is 0 Å². The Labute approximate surface area is 168 Å². The third-order valence-corrected chi connectivity index (χ3v) is 4.20. The maximum absolute atomic E-state index is 13.3. The monoisotopic (exact) mass is 410 g/mol. The molecule has 1 amide bonds. The summed E-state index contributed by atoms with van der Waals surface area (Å²) in [6.07, 6.45) is 5.14. The molecular weight excluding hydrogens is 385 g/mol. The zero-order valence-electron chi connectivity index (χ0n) is 16.8. The van der Waals surface area contributed by atoms with Crippen LogP contribution in [-0.4, -0.2) is 40.0 Å². The molecule has 0 atom stereocenters. The molecule has 0 saturated carbocycles. The zero-order valence-corrected chi connectivity index (χ0v) is 16.8. The van der Waals surface area contributed by atoms with Crippen molar-refractivity contribution in [2.75, 3.05) is 6.61 Å². The van der Waals surface area contributed by atoms with E-state index in [-0.39, 0.29) is 37.8 Å². The van der Waals surface area contributed by atoms with Gasteiger partial charge in [-0.3, -0.25) is 9.78 Å². The number of nitrogens with zero attached hydrogens (tertiary/aromatic N) is 4. The highest BCUT2D eigenvalue weighted by Gasteiger charge is 2.23. The van der Waals surface area contributed by atoms with Crippen molar-refractivity contribution in [1.82, 2.24) is 9.99 Å². The van der Waals surface area contributed by atoms with Gasteiger partial charge < -0.3 is 4.74 Å². The number of hydrazone groups is 1. The lowest BCUT2D eigenvalue weighted by Crippen LogP contribution is -2.31. The summed E-state index contributed by atoms with van der Waals surface area (Å²) in [5, 5.41) is 5.70. The van der Waals surface area contributed by atoms with Crippen LogP contribution in [0.2, 0.25) is 0 Å². The second-order valence-corrected chi connectivity index (χ2v) is 6.83. The first kappa shape index (κ1) is 22.6. The van der Waals surface area contributed by atoms with Crippen molar-refractivity contribution in [2.24, 2.45) is 10.1 Å². The predicted octanol–water partition coefficient (Wildman–Crippen LogP) is 4.47. The molecule has 1 aromatic heterocycles. The van der Waals surface area contributed by atoms with Crippen LogP contribution in [0, 0.1) is 5.82 Å². The second-order valence-electron chi connectivity index (χ2n) is 6.83. The standard InChI is InChI=1S/C20H25F3N4O2/c1-4-16(11-25-14(2)29-8-7-20(3,22)23)18-5-6-19(28)27(26-18)13-15-9-17(21)12-24-10-15/h9-12H,4-8,13H2,1-3H3/b16-11+,25-14+. The van der Waals surface area contributed by atoms with Gasteiger partial charge in [0.05, 0.1) is 25.1 Å². The van der Waals surface area contributed by atoms with Crippen molar-refractivity contribution in [3.05, 3.63) is 41.6 Å². The van der Waals surface area contributed by atoms with E-state index in [0.29, 0.717) is 24.1 Å². The molecule has 1 aliphatic rings. The van der Waals surface area contributed by atoms with Gasteiger partial charge in [0.1, 0.15) is 5.82 Å². The van der Waals surface area contributed by atoms with E-state index in [0.717, 1.165) is 18.7 Å². The third-order valence-electron chi connectivity index (χ3n) is 4.20. The van der Waals surface area contributed by atoms with Gasteiger partial charge in [0.25, 0.3) is 0 Å². The predicted molar refractivity (Wildman–Crippen MR) is 104 cm³/mol. The number of hydrogen-bond acceptors (Lipinski definition) is 5. The van der Waals surface area contributed by atoms with Gasteiger partial charge in [-0.25, -0.2) is 23.2 Å². The Morgan fingerprint density at radius 1 is 1.38 bits per heavy atom. The summed E-state index contributed by atoms with van der Waals surface area (Å²) in [6.45, 7) is 4.35. The van der Waals surface area contributed by atoms with E-state index in [2.05, 4.69) is 15.1 Å². The Balaban J connectivity index is 2.09. The summed E-state index contributed by atoms with van der Waals surface area (Å²) < 4.78 is 44.2. The van der Waals surface area contributed by atoms with E-state index >= 15 is 0 Å². The second kappa shape index (κ2) is 10.2. The number of aliphatic imine (C=N–C) groups is 1. The van der Waals surface area contributed by atoms with Crippen LogP contribution in [0.4, 0.5) is 13.2 Å². The fourth-order valence-corrected chi connectivity index (χ4v) is 2.62. The van der Waals surface area contributed by atoms with Crippen LogP contribution in [0.5, 0.6) is 0 Å². The molecule has 0 spiro atoms. The van der Waals surface area contributed by atoms with E-state index in [1.807, 2.05) is 6.92 Å². The molecule has 9 heteroatoms. The number of aromatic nitrogens is 1. The van der Waals surface area contributed by atoms with Crippen LogP contribution in [-0.2, 0) is 16.1 Å². The van der Waals surface area contributed by atoms with E-state index in [1.54, 1.807) is 13.1 Å². The molecule has 29 heavy (non-hydrogen) atoms. The molecule has 2 heterocycles. The number of allylic oxidation sites excluding steroid dienone is 1. The Morgan fingerprint density at radius 3 is 2.79 bits per heavy atom. The number of carbonyl (C=O) groups excluding carboxylic acids is 1. The summed E-state index contributed by atoms with van der Waals surface area (Å²) in [6, 6.07) is 1.31. The normalized spacial score (nSPS) is 16.1. The molecule has 2 rings (SSSR count). The quantitative estimate of drug-likeness (QED) is 0.469. The fraction of sp³-hybridized carbons (Fsp3) is 0.500. The topological polar surface area (TPSA) is 67.2 Å². The van der Waals surface area contributed by atoms with E-state index in [4.69, 9.17) is 4.74 Å². The summed E-state index contributed by atoms with van der Waals surface area (Å²) >= 11 is 0. The molecular formula is C20H25F3N4O2. The summed E-state index contributed by atoms with van der Waals surface area (Å²) in [5.41, 5.74) is 2.05. The SMILES string of the molecule is CC/C(=C\N=C(/C)OCCC(C)(F)F)C1=NN(Cc2cncc(F)c2)C(=O)CC1. The van der Waals surface area contributed by atoms with E-state index < -0.39 is 11.7 Å². The molecule has 1 aromatic rings. The summed E-state index contributed by atoms with van der Waals surface area (Å²) in [5.74, 6) is -3.14. The number of hydrogen-bond donors (Lipinski definition) is 0. The Morgan fingerprint density at radius 2 is 2.14 bits per heavy atom. The number of halogens is 3. The van der Waals surface area contributed by atoms with Gasteiger partial charge >= 0.3 is 0 Å². The molecule has 158 valence electrons. The molecule has 0 N–H and O–H groups in total. The highest BCUT2D eigenvalue weighted by Crippen LogP contribution is 2.19. The average molecular weight is 410 g/mol. The first-order valence-corrected chi connectivity index (χ1v) is 9.39. The van der Waals surface area contributed by atoms with Gasteiger partial charge in [-0.1, -0.05) is 6.92 Å². The first-order valence-electron chi connectivity index (χ1n) is 9.39. The molecule has 0 aliphatic carbocycles. The van der Waals surface area contributed by atoms with Crippen LogP contribution in [0.15, 0.2) is 40.3 Å². The van der Waals surface area contributed by atoms with Gasteiger partial charge in [0, 0.05) is 38.6 Å². The molecule has 0 aromatic carbocycles. The minimum Gasteiger partial charge on any atom is -0.481 e. The first-order chi connectivity index (χ1) is 13.7. The maximum Gasteiger partial charge on any atom is 0.248 e. The zero-order chi connectivity index (χ0) is 21.4.